The van der Waals surface area contributed by atoms with Crippen LogP contribution in [-0.4, -0.2) is 14.5 Å². The van der Waals surface area contributed by atoms with Gasteiger partial charge in [-0.3, -0.25) is 4.98 Å². The molecule has 0 spiro atoms. The maximum atomic E-state index is 5.20. The normalized spacial score (nSPS) is 11.7. The van der Waals surface area contributed by atoms with E-state index in [1.165, 1.54) is 49.3 Å². The smallest absolute Gasteiger partial charge is 0.0979 e. The molecule has 0 atom stereocenters. The Bertz CT molecular complexity index is 2820. The molecule has 49 heavy (non-hydrogen) atoms. The first-order valence-corrected chi connectivity index (χ1v) is 16.7. The van der Waals surface area contributed by atoms with Crippen LogP contribution in [0.1, 0.15) is 0 Å². The van der Waals surface area contributed by atoms with Gasteiger partial charge in [0.05, 0.1) is 34.0 Å². The quantitative estimate of drug-likeness (QED) is 0.183. The Morgan fingerprint density at radius 3 is 1.43 bits per heavy atom. The monoisotopic (exact) mass is 623 g/mol. The second-order valence-electron chi connectivity index (χ2n) is 12.6. The lowest BCUT2D eigenvalue weighted by atomic mass is 9.98. The van der Waals surface area contributed by atoms with Gasteiger partial charge in [-0.1, -0.05) is 133 Å². The van der Waals surface area contributed by atoms with Crippen molar-refractivity contribution < 1.29 is 0 Å². The highest BCUT2D eigenvalue weighted by molar-refractivity contribution is 6.23. The first-order valence-electron chi connectivity index (χ1n) is 16.7. The van der Waals surface area contributed by atoms with Gasteiger partial charge in [-0.2, -0.15) is 0 Å². The molecule has 0 unspecified atom stereocenters. The molecule has 10 aromatic rings. The van der Waals surface area contributed by atoms with Crippen molar-refractivity contribution in [2.75, 3.05) is 0 Å². The minimum absolute atomic E-state index is 0.870. The van der Waals surface area contributed by atoms with Crippen molar-refractivity contribution >= 4 is 54.4 Å². The van der Waals surface area contributed by atoms with Crippen molar-refractivity contribution in [2.24, 2.45) is 0 Å². The maximum absolute atomic E-state index is 5.20. The Morgan fingerprint density at radius 1 is 0.347 bits per heavy atom. The van der Waals surface area contributed by atoms with Crippen molar-refractivity contribution in [1.82, 2.24) is 14.5 Å². The summed E-state index contributed by atoms with van der Waals surface area (Å²) in [4.78, 5) is 10.2. The minimum atomic E-state index is 0.870. The van der Waals surface area contributed by atoms with Crippen LogP contribution >= 0.6 is 0 Å². The van der Waals surface area contributed by atoms with Crippen LogP contribution in [0.25, 0.3) is 93.6 Å². The SMILES string of the molecule is c1ccc(-c2ccc3c(c2)c2cc(-c4ccc(-c5cnc6c7ccccc7c7ccccc7c6n5)cc4)ccc2n3-c2ccccc2)cc1. The van der Waals surface area contributed by atoms with Gasteiger partial charge < -0.3 is 4.57 Å². The van der Waals surface area contributed by atoms with Crippen molar-refractivity contribution in [1.29, 1.82) is 0 Å². The molecule has 0 aliphatic heterocycles. The molecule has 3 heteroatoms. The Kier molecular flexibility index (Phi) is 6.18. The van der Waals surface area contributed by atoms with Crippen molar-refractivity contribution in [3.8, 4) is 39.2 Å². The zero-order valence-electron chi connectivity index (χ0n) is 26.6. The fraction of sp³-hybridized carbons (Fsp3) is 0. The predicted molar refractivity (Wildman–Crippen MR) is 205 cm³/mol. The highest BCUT2D eigenvalue weighted by atomic mass is 15.0. The first kappa shape index (κ1) is 27.5. The molecule has 228 valence electrons. The van der Waals surface area contributed by atoms with Crippen LogP contribution in [0, 0.1) is 0 Å². The molecule has 8 aromatic carbocycles. The molecule has 0 aliphatic rings. The summed E-state index contributed by atoms with van der Waals surface area (Å²) in [5.41, 5.74) is 12.1. The Morgan fingerprint density at radius 2 is 0.816 bits per heavy atom. The molecular formula is C46H29N3. The van der Waals surface area contributed by atoms with Gasteiger partial charge in [-0.15, -0.1) is 0 Å². The molecule has 3 nitrogen and oxygen atoms in total. The van der Waals surface area contributed by atoms with Gasteiger partial charge in [0.2, 0.25) is 0 Å². The summed E-state index contributed by atoms with van der Waals surface area (Å²) in [6.45, 7) is 0. The number of hydrogen-bond donors (Lipinski definition) is 0. The molecule has 2 aromatic heterocycles. The molecule has 0 N–H and O–H groups in total. The average molecular weight is 624 g/mol. The summed E-state index contributed by atoms with van der Waals surface area (Å²) in [7, 11) is 0. The molecule has 0 radical (unpaired) electrons. The average Bonchev–Trinajstić information content (AvgIpc) is 3.51. The number of hydrogen-bond acceptors (Lipinski definition) is 2. The lowest BCUT2D eigenvalue weighted by Gasteiger charge is -2.11. The van der Waals surface area contributed by atoms with Crippen LogP contribution in [-0.2, 0) is 0 Å². The van der Waals surface area contributed by atoms with Crippen LogP contribution < -0.4 is 0 Å². The van der Waals surface area contributed by atoms with Crippen LogP contribution in [0.15, 0.2) is 176 Å². The van der Waals surface area contributed by atoms with Gasteiger partial charge in [-0.25, -0.2) is 4.98 Å². The predicted octanol–water partition coefficient (Wildman–Crippen LogP) is 12.0. The topological polar surface area (TPSA) is 30.7 Å². The maximum Gasteiger partial charge on any atom is 0.0979 e. The number of aromatic nitrogens is 3. The number of fused-ring (bicyclic) bond motifs is 9. The summed E-state index contributed by atoms with van der Waals surface area (Å²) in [6.07, 6.45) is 1.91. The molecule has 0 bridgehead atoms. The van der Waals surface area contributed by atoms with Gasteiger partial charge in [0.15, 0.2) is 0 Å². The number of para-hydroxylation sites is 1. The summed E-state index contributed by atoms with van der Waals surface area (Å²) >= 11 is 0. The van der Waals surface area contributed by atoms with Crippen LogP contribution in [0.3, 0.4) is 0 Å². The van der Waals surface area contributed by atoms with Crippen molar-refractivity contribution in [3.05, 3.63) is 176 Å². The van der Waals surface area contributed by atoms with Gasteiger partial charge in [0.25, 0.3) is 0 Å². The van der Waals surface area contributed by atoms with E-state index < -0.39 is 0 Å². The van der Waals surface area contributed by atoms with E-state index in [-0.39, 0.29) is 0 Å². The van der Waals surface area contributed by atoms with Crippen molar-refractivity contribution in [3.63, 3.8) is 0 Å². The lowest BCUT2D eigenvalue weighted by molar-refractivity contribution is 1.18. The highest BCUT2D eigenvalue weighted by Gasteiger charge is 2.16. The third-order valence-corrected chi connectivity index (χ3v) is 9.83. The van der Waals surface area contributed by atoms with Gasteiger partial charge in [0, 0.05) is 32.8 Å². The van der Waals surface area contributed by atoms with Gasteiger partial charge >= 0.3 is 0 Å². The zero-order valence-corrected chi connectivity index (χ0v) is 26.6. The van der Waals surface area contributed by atoms with Crippen LogP contribution in [0.5, 0.6) is 0 Å². The van der Waals surface area contributed by atoms with E-state index in [0.717, 1.165) is 44.3 Å². The third-order valence-electron chi connectivity index (χ3n) is 9.83. The molecule has 2 heterocycles. The van der Waals surface area contributed by atoms with E-state index in [0.29, 0.717) is 0 Å². The van der Waals surface area contributed by atoms with E-state index in [1.807, 2.05) is 6.20 Å². The van der Waals surface area contributed by atoms with Crippen LogP contribution in [0.2, 0.25) is 0 Å². The number of rotatable bonds is 4. The Labute approximate surface area is 283 Å². The summed E-state index contributed by atoms with van der Waals surface area (Å²) in [5, 5.41) is 7.14. The molecule has 0 saturated heterocycles. The second-order valence-corrected chi connectivity index (χ2v) is 12.6. The minimum Gasteiger partial charge on any atom is -0.309 e. The van der Waals surface area contributed by atoms with Gasteiger partial charge in [0.1, 0.15) is 0 Å². The molecule has 0 amide bonds. The molecular weight excluding hydrogens is 595 g/mol. The molecule has 0 saturated carbocycles. The van der Waals surface area contributed by atoms with E-state index in [2.05, 4.69) is 174 Å². The summed E-state index contributed by atoms with van der Waals surface area (Å²) in [5.74, 6) is 0. The number of nitrogens with zero attached hydrogens (tertiary/aromatic N) is 3. The van der Waals surface area contributed by atoms with Crippen molar-refractivity contribution in [2.45, 2.75) is 0 Å². The summed E-state index contributed by atoms with van der Waals surface area (Å²) in [6, 6.07) is 60.6. The van der Waals surface area contributed by atoms with E-state index in [4.69, 9.17) is 9.97 Å². The highest BCUT2D eigenvalue weighted by Crippen LogP contribution is 2.38. The van der Waals surface area contributed by atoms with E-state index >= 15 is 0 Å². The molecule has 0 fully saturated rings. The first-order chi connectivity index (χ1) is 24.3. The summed E-state index contributed by atoms with van der Waals surface area (Å²) < 4.78 is 2.37. The lowest BCUT2D eigenvalue weighted by Crippen LogP contribution is -1.93. The van der Waals surface area contributed by atoms with E-state index in [1.54, 1.807) is 0 Å². The fourth-order valence-corrected chi connectivity index (χ4v) is 7.46. The fourth-order valence-electron chi connectivity index (χ4n) is 7.46. The third kappa shape index (κ3) is 4.44. The number of benzene rings is 8. The molecule has 10 rings (SSSR count). The Hall–Kier alpha value is -6.58. The zero-order chi connectivity index (χ0) is 32.3. The Balaban J connectivity index is 1.09. The largest absolute Gasteiger partial charge is 0.309 e. The van der Waals surface area contributed by atoms with Gasteiger partial charge in [-0.05, 0) is 69.4 Å². The molecule has 0 aliphatic carbocycles. The standard InChI is InChI=1S/C46H29N3/c1-3-11-30(12-4-1)33-23-25-43-40(27-33)41-28-34(24-26-44(41)49(43)35-13-5-2-6-14-35)31-19-21-32(22-20-31)42-29-47-45-38-17-9-7-15-36(38)37-16-8-10-18-39(37)46(45)48-42/h1-29H. The second kappa shape index (κ2) is 11.0. The van der Waals surface area contributed by atoms with Crippen LogP contribution in [0.4, 0.5) is 0 Å². The van der Waals surface area contributed by atoms with E-state index in [9.17, 15) is 0 Å².